The number of fused-ring (bicyclic) bond motifs is 1. The van der Waals surface area contributed by atoms with Gasteiger partial charge in [0, 0.05) is 24.9 Å². The lowest BCUT2D eigenvalue weighted by molar-refractivity contribution is -0.119. The highest BCUT2D eigenvalue weighted by Crippen LogP contribution is 2.36. The average Bonchev–Trinajstić information content (AvgIpc) is 2.44. The van der Waals surface area contributed by atoms with Crippen LogP contribution >= 0.6 is 11.8 Å². The Kier molecular flexibility index (Phi) is 5.09. The Hall–Kier alpha value is -1.58. The Balaban J connectivity index is 2.10. The average molecular weight is 343 g/mol. The maximum Gasteiger partial charge on any atom is 0.240 e. The molecule has 22 heavy (non-hydrogen) atoms. The summed E-state index contributed by atoms with van der Waals surface area (Å²) in [6.45, 7) is 3.46. The molecule has 0 saturated carbocycles. The topological polar surface area (TPSA) is 104 Å². The summed E-state index contributed by atoms with van der Waals surface area (Å²) in [5.41, 5.74) is 0.498. The molecular weight excluding hydrogens is 326 g/mol. The summed E-state index contributed by atoms with van der Waals surface area (Å²) in [6, 6.07) is 4.61. The Morgan fingerprint density at radius 2 is 2.09 bits per heavy atom. The Morgan fingerprint density at radius 1 is 1.36 bits per heavy atom. The van der Waals surface area contributed by atoms with Crippen LogP contribution < -0.4 is 15.4 Å². The SMILES string of the molecule is CC(=O)NCCNS(=O)(=O)c1ccc2c(c1)NC(=O)C(C)S2. The Morgan fingerprint density at radius 3 is 2.77 bits per heavy atom. The van der Waals surface area contributed by atoms with Crippen LogP contribution in [0.25, 0.3) is 0 Å². The first-order chi connectivity index (χ1) is 10.3. The molecule has 0 bridgehead atoms. The van der Waals surface area contributed by atoms with Crippen molar-refractivity contribution >= 4 is 39.3 Å². The molecule has 1 heterocycles. The molecule has 1 aliphatic rings. The minimum Gasteiger partial charge on any atom is -0.355 e. The molecule has 120 valence electrons. The van der Waals surface area contributed by atoms with E-state index in [-0.39, 0.29) is 35.0 Å². The molecule has 0 saturated heterocycles. The molecule has 2 rings (SSSR count). The molecule has 9 heteroatoms. The van der Waals surface area contributed by atoms with Crippen molar-refractivity contribution in [3.8, 4) is 0 Å². The molecule has 1 unspecified atom stereocenters. The van der Waals surface area contributed by atoms with Crippen LogP contribution in [0, 0.1) is 0 Å². The number of nitrogens with one attached hydrogen (secondary N) is 3. The van der Waals surface area contributed by atoms with Gasteiger partial charge in [-0.3, -0.25) is 9.59 Å². The lowest BCUT2D eigenvalue weighted by Gasteiger charge is -2.21. The van der Waals surface area contributed by atoms with E-state index >= 15 is 0 Å². The van der Waals surface area contributed by atoms with Crippen LogP contribution in [0.4, 0.5) is 5.69 Å². The van der Waals surface area contributed by atoms with Crippen molar-refractivity contribution in [1.82, 2.24) is 10.0 Å². The van der Waals surface area contributed by atoms with Gasteiger partial charge in [0.25, 0.3) is 0 Å². The van der Waals surface area contributed by atoms with E-state index in [2.05, 4.69) is 15.4 Å². The zero-order valence-electron chi connectivity index (χ0n) is 12.2. The van der Waals surface area contributed by atoms with Crippen LogP contribution in [0.3, 0.4) is 0 Å². The fraction of sp³-hybridized carbons (Fsp3) is 0.385. The number of benzene rings is 1. The summed E-state index contributed by atoms with van der Waals surface area (Å²) in [4.78, 5) is 23.3. The molecular formula is C13H17N3O4S2. The van der Waals surface area contributed by atoms with Crippen molar-refractivity contribution < 1.29 is 18.0 Å². The van der Waals surface area contributed by atoms with E-state index in [1.54, 1.807) is 13.0 Å². The van der Waals surface area contributed by atoms with Crippen molar-refractivity contribution in [3.63, 3.8) is 0 Å². The van der Waals surface area contributed by atoms with Gasteiger partial charge in [-0.25, -0.2) is 13.1 Å². The monoisotopic (exact) mass is 343 g/mol. The number of amides is 2. The summed E-state index contributed by atoms with van der Waals surface area (Å²) in [6.07, 6.45) is 0. The number of carbonyl (C=O) groups is 2. The van der Waals surface area contributed by atoms with Gasteiger partial charge >= 0.3 is 0 Å². The quantitative estimate of drug-likeness (QED) is 0.677. The molecule has 0 spiro atoms. The van der Waals surface area contributed by atoms with Crippen molar-refractivity contribution in [2.45, 2.75) is 28.9 Å². The number of anilines is 1. The minimum atomic E-state index is -3.68. The van der Waals surface area contributed by atoms with Crippen LogP contribution in [-0.4, -0.2) is 38.6 Å². The summed E-state index contributed by atoms with van der Waals surface area (Å²) < 4.78 is 26.7. The predicted molar refractivity (Wildman–Crippen MR) is 84.3 cm³/mol. The van der Waals surface area contributed by atoms with Gasteiger partial charge in [0.2, 0.25) is 21.8 Å². The third kappa shape index (κ3) is 3.99. The second-order valence-corrected chi connectivity index (χ2v) is 7.94. The third-order valence-electron chi connectivity index (χ3n) is 2.98. The standard InChI is InChI=1S/C13H17N3O4S2/c1-8-13(18)16-11-7-10(3-4-12(11)21-8)22(19,20)15-6-5-14-9(2)17/h3-4,7-8,15H,5-6H2,1-2H3,(H,14,17)(H,16,18). The third-order valence-corrected chi connectivity index (χ3v) is 5.62. The zero-order valence-corrected chi connectivity index (χ0v) is 13.8. The van der Waals surface area contributed by atoms with Crippen LogP contribution in [0.5, 0.6) is 0 Å². The van der Waals surface area contributed by atoms with Crippen LogP contribution in [0.1, 0.15) is 13.8 Å². The Bertz CT molecular complexity index is 703. The molecule has 2 amide bonds. The van der Waals surface area contributed by atoms with E-state index < -0.39 is 10.0 Å². The normalized spacial score (nSPS) is 17.5. The zero-order chi connectivity index (χ0) is 16.3. The van der Waals surface area contributed by atoms with E-state index in [1.807, 2.05) is 0 Å². The first-order valence-electron chi connectivity index (χ1n) is 6.65. The highest BCUT2D eigenvalue weighted by molar-refractivity contribution is 8.01. The lowest BCUT2D eigenvalue weighted by atomic mass is 10.3. The fourth-order valence-corrected chi connectivity index (χ4v) is 3.85. The first kappa shape index (κ1) is 16.8. The molecule has 7 nitrogen and oxygen atoms in total. The van der Waals surface area contributed by atoms with Crippen LogP contribution in [-0.2, 0) is 19.6 Å². The van der Waals surface area contributed by atoms with Gasteiger partial charge in [-0.05, 0) is 25.1 Å². The number of rotatable bonds is 5. The maximum absolute atomic E-state index is 12.2. The van der Waals surface area contributed by atoms with Gasteiger partial charge in [-0.15, -0.1) is 11.8 Å². The highest BCUT2D eigenvalue weighted by Gasteiger charge is 2.24. The fourth-order valence-electron chi connectivity index (χ4n) is 1.86. The second-order valence-electron chi connectivity index (χ2n) is 4.79. The molecule has 0 radical (unpaired) electrons. The minimum absolute atomic E-state index is 0.0736. The van der Waals surface area contributed by atoms with Gasteiger partial charge in [-0.1, -0.05) is 0 Å². The van der Waals surface area contributed by atoms with E-state index in [0.717, 1.165) is 4.90 Å². The number of hydrogen-bond donors (Lipinski definition) is 3. The molecule has 1 aromatic carbocycles. The summed E-state index contributed by atoms with van der Waals surface area (Å²) in [5, 5.41) is 5.00. The lowest BCUT2D eigenvalue weighted by Crippen LogP contribution is -2.33. The molecule has 3 N–H and O–H groups in total. The summed E-state index contributed by atoms with van der Waals surface area (Å²) in [5.74, 6) is -0.368. The van der Waals surface area contributed by atoms with Gasteiger partial charge in [-0.2, -0.15) is 0 Å². The first-order valence-corrected chi connectivity index (χ1v) is 9.01. The van der Waals surface area contributed by atoms with Crippen molar-refractivity contribution in [2.24, 2.45) is 0 Å². The molecule has 1 aliphatic heterocycles. The molecule has 0 fully saturated rings. The van der Waals surface area contributed by atoms with Crippen molar-refractivity contribution in [3.05, 3.63) is 18.2 Å². The Labute approximate surface area is 133 Å². The highest BCUT2D eigenvalue weighted by atomic mass is 32.2. The number of sulfonamides is 1. The van der Waals surface area contributed by atoms with E-state index in [0.29, 0.717) is 5.69 Å². The largest absolute Gasteiger partial charge is 0.355 e. The van der Waals surface area contributed by atoms with E-state index in [4.69, 9.17) is 0 Å². The van der Waals surface area contributed by atoms with Crippen LogP contribution in [0.2, 0.25) is 0 Å². The summed E-state index contributed by atoms with van der Waals surface area (Å²) in [7, 11) is -3.68. The number of carbonyl (C=O) groups excluding carboxylic acids is 2. The van der Waals surface area contributed by atoms with E-state index in [9.17, 15) is 18.0 Å². The summed E-state index contributed by atoms with van der Waals surface area (Å²) >= 11 is 1.39. The van der Waals surface area contributed by atoms with Gasteiger partial charge in [0.1, 0.15) is 0 Å². The number of thioether (sulfide) groups is 1. The van der Waals surface area contributed by atoms with Crippen LogP contribution in [0.15, 0.2) is 28.0 Å². The maximum atomic E-state index is 12.2. The molecule has 1 aromatic rings. The van der Waals surface area contributed by atoms with Crippen molar-refractivity contribution in [2.75, 3.05) is 18.4 Å². The van der Waals surface area contributed by atoms with Gasteiger partial charge in [0.15, 0.2) is 0 Å². The van der Waals surface area contributed by atoms with Crippen molar-refractivity contribution in [1.29, 1.82) is 0 Å². The second kappa shape index (κ2) is 6.67. The van der Waals surface area contributed by atoms with E-state index in [1.165, 1.54) is 30.8 Å². The molecule has 1 atom stereocenters. The number of hydrogen-bond acceptors (Lipinski definition) is 5. The smallest absolute Gasteiger partial charge is 0.240 e. The van der Waals surface area contributed by atoms with Gasteiger partial charge in [0.05, 0.1) is 15.8 Å². The molecule has 0 aromatic heterocycles. The predicted octanol–water partition coefficient (Wildman–Crippen LogP) is 0.534. The van der Waals surface area contributed by atoms with Gasteiger partial charge < -0.3 is 10.6 Å². The molecule has 0 aliphatic carbocycles.